The average molecular weight is 243 g/mol. The summed E-state index contributed by atoms with van der Waals surface area (Å²) in [5, 5.41) is 3.28. The molecule has 0 bridgehead atoms. The number of aryl methyl sites for hydroxylation is 1. The lowest BCUT2D eigenvalue weighted by Gasteiger charge is -2.13. The van der Waals surface area contributed by atoms with E-state index in [-0.39, 0.29) is 18.4 Å². The summed E-state index contributed by atoms with van der Waals surface area (Å²) in [5.41, 5.74) is 1.87. The van der Waals surface area contributed by atoms with Gasteiger partial charge < -0.3 is 14.5 Å². The second kappa shape index (κ2) is 4.22. The van der Waals surface area contributed by atoms with Crippen molar-refractivity contribution in [2.45, 2.75) is 19.4 Å². The zero-order chi connectivity index (χ0) is 12.5. The molecule has 1 atom stereocenters. The number of hydrogen-bond acceptors (Lipinski definition) is 4. The number of carbonyl (C=O) groups excluding carboxylic acids is 1. The molecule has 0 fully saturated rings. The average Bonchev–Trinajstić information content (AvgIpc) is 2.80. The first kappa shape index (κ1) is 10.9. The van der Waals surface area contributed by atoms with Gasteiger partial charge in [-0.15, -0.1) is 0 Å². The molecule has 4 heteroatoms. The lowest BCUT2D eigenvalue weighted by molar-refractivity contribution is -0.134. The van der Waals surface area contributed by atoms with Gasteiger partial charge in [-0.05, 0) is 36.8 Å². The van der Waals surface area contributed by atoms with Crippen molar-refractivity contribution in [1.82, 2.24) is 0 Å². The van der Waals surface area contributed by atoms with Crippen molar-refractivity contribution in [3.63, 3.8) is 0 Å². The molecule has 1 unspecified atom stereocenters. The van der Waals surface area contributed by atoms with Crippen molar-refractivity contribution in [1.29, 1.82) is 0 Å². The van der Waals surface area contributed by atoms with Crippen molar-refractivity contribution < 1.29 is 13.9 Å². The summed E-state index contributed by atoms with van der Waals surface area (Å²) in [6.07, 6.45) is 1.85. The van der Waals surface area contributed by atoms with Gasteiger partial charge in [0.25, 0.3) is 0 Å². The molecule has 0 spiro atoms. The third-order valence-electron chi connectivity index (χ3n) is 2.95. The van der Waals surface area contributed by atoms with Crippen molar-refractivity contribution in [2.24, 2.45) is 0 Å². The molecular formula is C14H13NO3. The van der Waals surface area contributed by atoms with E-state index in [2.05, 4.69) is 5.32 Å². The third kappa shape index (κ3) is 1.97. The molecule has 1 aromatic carbocycles. The van der Waals surface area contributed by atoms with Gasteiger partial charge in [0.1, 0.15) is 5.76 Å². The molecule has 0 aliphatic carbocycles. The van der Waals surface area contributed by atoms with Gasteiger partial charge in [0.05, 0.1) is 24.4 Å². The number of esters is 1. The minimum Gasteiger partial charge on any atom is -0.467 e. The summed E-state index contributed by atoms with van der Waals surface area (Å²) in [5.74, 6) is 1.06. The van der Waals surface area contributed by atoms with E-state index < -0.39 is 0 Å². The van der Waals surface area contributed by atoms with Crippen LogP contribution in [0.1, 0.15) is 23.8 Å². The first-order chi connectivity index (χ1) is 8.72. The van der Waals surface area contributed by atoms with E-state index in [4.69, 9.17) is 9.15 Å². The number of hydrogen-bond donors (Lipinski definition) is 1. The number of nitrogens with one attached hydrogen (secondary N) is 1. The maximum atomic E-state index is 11.8. The summed E-state index contributed by atoms with van der Waals surface area (Å²) < 4.78 is 10.7. The molecule has 0 saturated heterocycles. The van der Waals surface area contributed by atoms with Crippen LogP contribution in [0.3, 0.4) is 0 Å². The highest BCUT2D eigenvalue weighted by Gasteiger charge is 2.25. The van der Waals surface area contributed by atoms with Crippen molar-refractivity contribution in [3.8, 4) is 5.75 Å². The molecule has 1 N–H and O–H groups in total. The van der Waals surface area contributed by atoms with Crippen LogP contribution in [0.15, 0.2) is 41.0 Å². The normalized spacial score (nSPS) is 18.5. The highest BCUT2D eigenvalue weighted by Crippen LogP contribution is 2.34. The Bertz CT molecular complexity index is 575. The zero-order valence-corrected chi connectivity index (χ0v) is 9.97. The molecule has 18 heavy (non-hydrogen) atoms. The van der Waals surface area contributed by atoms with Gasteiger partial charge in [-0.2, -0.15) is 0 Å². The van der Waals surface area contributed by atoms with E-state index >= 15 is 0 Å². The molecular weight excluding hydrogens is 230 g/mol. The summed E-state index contributed by atoms with van der Waals surface area (Å²) in [4.78, 5) is 11.8. The Morgan fingerprint density at radius 1 is 1.33 bits per heavy atom. The van der Waals surface area contributed by atoms with Crippen LogP contribution < -0.4 is 10.1 Å². The maximum absolute atomic E-state index is 11.8. The van der Waals surface area contributed by atoms with Crippen LogP contribution >= 0.6 is 0 Å². The molecule has 3 rings (SSSR count). The topological polar surface area (TPSA) is 51.5 Å². The number of benzene rings is 1. The fourth-order valence-corrected chi connectivity index (χ4v) is 2.06. The monoisotopic (exact) mass is 243 g/mol. The maximum Gasteiger partial charge on any atom is 0.313 e. The van der Waals surface area contributed by atoms with E-state index in [0.29, 0.717) is 5.75 Å². The Labute approximate surface area is 105 Å². The van der Waals surface area contributed by atoms with Crippen molar-refractivity contribution in [3.05, 3.63) is 47.9 Å². The predicted molar refractivity (Wildman–Crippen MR) is 66.5 cm³/mol. The minimum absolute atomic E-state index is 0.184. The predicted octanol–water partition coefficient (Wildman–Crippen LogP) is 3.05. The number of rotatable bonds is 1. The Morgan fingerprint density at radius 2 is 2.22 bits per heavy atom. The Kier molecular flexibility index (Phi) is 2.55. The third-order valence-corrected chi connectivity index (χ3v) is 2.95. The molecule has 92 valence electrons. The van der Waals surface area contributed by atoms with E-state index in [1.807, 2.05) is 37.3 Å². The lowest BCUT2D eigenvalue weighted by Crippen LogP contribution is -2.13. The van der Waals surface area contributed by atoms with Gasteiger partial charge in [0.15, 0.2) is 5.75 Å². The summed E-state index contributed by atoms with van der Waals surface area (Å²) >= 11 is 0. The number of fused-ring (bicyclic) bond motifs is 1. The fourth-order valence-electron chi connectivity index (χ4n) is 2.06. The summed E-state index contributed by atoms with van der Waals surface area (Å²) in [7, 11) is 0. The van der Waals surface area contributed by atoms with Crippen LogP contribution in [-0.4, -0.2) is 5.97 Å². The molecule has 4 nitrogen and oxygen atoms in total. The lowest BCUT2D eigenvalue weighted by atomic mass is 10.1. The molecule has 1 aliphatic rings. The molecule has 2 heterocycles. The zero-order valence-electron chi connectivity index (χ0n) is 9.97. The molecule has 1 aromatic heterocycles. The van der Waals surface area contributed by atoms with Crippen molar-refractivity contribution >= 4 is 11.7 Å². The largest absolute Gasteiger partial charge is 0.467 e. The van der Waals surface area contributed by atoms with Gasteiger partial charge in [0.2, 0.25) is 0 Å². The molecule has 0 radical (unpaired) electrons. The van der Waals surface area contributed by atoms with Crippen LogP contribution in [0.4, 0.5) is 5.69 Å². The number of anilines is 1. The highest BCUT2D eigenvalue weighted by molar-refractivity contribution is 5.78. The van der Waals surface area contributed by atoms with Crippen molar-refractivity contribution in [2.75, 3.05) is 5.32 Å². The highest BCUT2D eigenvalue weighted by atomic mass is 16.5. The van der Waals surface area contributed by atoms with Gasteiger partial charge in [0, 0.05) is 0 Å². The second-order valence-electron chi connectivity index (χ2n) is 4.39. The molecule has 2 aromatic rings. The molecule has 1 aliphatic heterocycles. The number of furan rings is 1. The quantitative estimate of drug-likeness (QED) is 0.617. The van der Waals surface area contributed by atoms with Crippen LogP contribution in [0.25, 0.3) is 0 Å². The number of carbonyl (C=O) groups is 1. The second-order valence-corrected chi connectivity index (χ2v) is 4.39. The fraction of sp³-hybridized carbons (Fsp3) is 0.214. The van der Waals surface area contributed by atoms with Gasteiger partial charge in [-0.3, -0.25) is 4.79 Å². The van der Waals surface area contributed by atoms with Crippen LogP contribution in [0, 0.1) is 6.92 Å². The van der Waals surface area contributed by atoms with Crippen LogP contribution in [0.2, 0.25) is 0 Å². The van der Waals surface area contributed by atoms with E-state index in [9.17, 15) is 4.79 Å². The standard InChI is InChI=1S/C14H13NO3/c1-9-4-5-10-13(7-9)18-14(16)8-11(15-10)12-3-2-6-17-12/h2-7,11,15H,8H2,1H3. The van der Waals surface area contributed by atoms with E-state index in [1.54, 1.807) is 6.26 Å². The van der Waals surface area contributed by atoms with Gasteiger partial charge in [-0.1, -0.05) is 6.07 Å². The Hall–Kier alpha value is -2.23. The summed E-state index contributed by atoms with van der Waals surface area (Å²) in [6.45, 7) is 1.96. The Balaban J connectivity index is 1.98. The first-order valence-electron chi connectivity index (χ1n) is 5.83. The summed E-state index contributed by atoms with van der Waals surface area (Å²) in [6, 6.07) is 9.22. The van der Waals surface area contributed by atoms with Gasteiger partial charge >= 0.3 is 5.97 Å². The first-order valence-corrected chi connectivity index (χ1v) is 5.83. The minimum atomic E-state index is -0.256. The SMILES string of the molecule is Cc1ccc2c(c1)OC(=O)CC(c1ccco1)N2. The smallest absolute Gasteiger partial charge is 0.313 e. The van der Waals surface area contributed by atoms with Crippen LogP contribution in [-0.2, 0) is 4.79 Å². The Morgan fingerprint density at radius 3 is 3.00 bits per heavy atom. The van der Waals surface area contributed by atoms with E-state index in [0.717, 1.165) is 17.0 Å². The molecule has 0 amide bonds. The van der Waals surface area contributed by atoms with E-state index in [1.165, 1.54) is 0 Å². The molecule has 0 saturated carbocycles. The number of ether oxygens (including phenoxy) is 1. The van der Waals surface area contributed by atoms with Gasteiger partial charge in [-0.25, -0.2) is 0 Å². The van der Waals surface area contributed by atoms with Crippen LogP contribution in [0.5, 0.6) is 5.75 Å².